The van der Waals surface area contributed by atoms with Gasteiger partial charge < -0.3 is 9.84 Å². The fourth-order valence-electron chi connectivity index (χ4n) is 3.24. The minimum Gasteiger partial charge on any atom is -0.352 e. The summed E-state index contributed by atoms with van der Waals surface area (Å²) in [5, 5.41) is 9.34. The number of carbonyl (C=O) groups excluding carboxylic acids is 1. The lowest BCUT2D eigenvalue weighted by Gasteiger charge is -2.08. The fraction of sp³-hybridized carbons (Fsp3) is 0.174. The lowest BCUT2D eigenvalue weighted by Crippen LogP contribution is -2.23. The topological polar surface area (TPSA) is 68.0 Å². The predicted octanol–water partition coefficient (Wildman–Crippen LogP) is 4.45. The summed E-state index contributed by atoms with van der Waals surface area (Å²) in [5.74, 6) is 0.992. The van der Waals surface area contributed by atoms with Crippen molar-refractivity contribution in [3.8, 4) is 11.4 Å². The van der Waals surface area contributed by atoms with Gasteiger partial charge in [0.15, 0.2) is 0 Å². The second-order valence-corrected chi connectivity index (χ2v) is 6.74. The molecule has 0 saturated heterocycles. The van der Waals surface area contributed by atoms with Crippen molar-refractivity contribution in [1.82, 2.24) is 15.5 Å². The van der Waals surface area contributed by atoms with Crippen molar-refractivity contribution in [1.29, 1.82) is 0 Å². The molecule has 5 nitrogen and oxygen atoms in total. The Bertz CT molecular complexity index is 1110. The molecule has 28 heavy (non-hydrogen) atoms. The molecular formula is C23H21N3O2. The van der Waals surface area contributed by atoms with Gasteiger partial charge in [0.25, 0.3) is 0 Å². The van der Waals surface area contributed by atoms with E-state index in [4.69, 9.17) is 4.52 Å². The first kappa shape index (κ1) is 17.9. The Hall–Kier alpha value is -3.47. The smallest absolute Gasteiger partial charge is 0.227 e. The zero-order valence-corrected chi connectivity index (χ0v) is 15.7. The summed E-state index contributed by atoms with van der Waals surface area (Å²) in [6.07, 6.45) is 0.723. The molecule has 4 aromatic rings. The minimum absolute atomic E-state index is 0.0384. The maximum absolute atomic E-state index is 12.3. The summed E-state index contributed by atoms with van der Waals surface area (Å²) in [7, 11) is 0. The Labute approximate surface area is 163 Å². The van der Waals surface area contributed by atoms with Gasteiger partial charge in [0.2, 0.25) is 17.6 Å². The maximum Gasteiger partial charge on any atom is 0.227 e. The molecule has 1 heterocycles. The highest BCUT2D eigenvalue weighted by Gasteiger charge is 2.12. The molecule has 1 N–H and O–H groups in total. The van der Waals surface area contributed by atoms with E-state index in [1.54, 1.807) is 0 Å². The van der Waals surface area contributed by atoms with E-state index in [9.17, 15) is 4.79 Å². The highest BCUT2D eigenvalue weighted by atomic mass is 16.5. The van der Waals surface area contributed by atoms with Crippen molar-refractivity contribution in [2.75, 3.05) is 0 Å². The van der Waals surface area contributed by atoms with E-state index in [2.05, 4.69) is 33.7 Å². The molecule has 1 aromatic heterocycles. The summed E-state index contributed by atoms with van der Waals surface area (Å²) in [6.45, 7) is 2.50. The van der Waals surface area contributed by atoms with Crippen molar-refractivity contribution in [3.05, 3.63) is 83.7 Å². The van der Waals surface area contributed by atoms with Crippen LogP contribution in [-0.2, 0) is 17.8 Å². The first-order chi connectivity index (χ1) is 13.7. The van der Waals surface area contributed by atoms with Gasteiger partial charge in [-0.05, 0) is 28.8 Å². The average Bonchev–Trinajstić information content (AvgIpc) is 3.20. The minimum atomic E-state index is -0.0384. The van der Waals surface area contributed by atoms with Gasteiger partial charge in [-0.15, -0.1) is 0 Å². The third kappa shape index (κ3) is 3.93. The number of hydrogen-bond donors (Lipinski definition) is 1. The van der Waals surface area contributed by atoms with Gasteiger partial charge in [0.05, 0.1) is 0 Å². The van der Waals surface area contributed by atoms with Crippen LogP contribution in [0.15, 0.2) is 71.3 Å². The largest absolute Gasteiger partial charge is 0.352 e. The molecule has 0 aliphatic rings. The molecule has 0 aliphatic heterocycles. The van der Waals surface area contributed by atoms with E-state index >= 15 is 0 Å². The molecule has 0 unspecified atom stereocenters. The molecule has 1 amide bonds. The van der Waals surface area contributed by atoms with Crippen molar-refractivity contribution in [2.24, 2.45) is 0 Å². The first-order valence-electron chi connectivity index (χ1n) is 9.32. The SMILES string of the molecule is Cc1ccccc1-c1noc(CCC(=O)NCc2cccc3ccccc23)n1. The lowest BCUT2D eigenvalue weighted by molar-refractivity contribution is -0.121. The number of benzene rings is 3. The van der Waals surface area contributed by atoms with Crippen LogP contribution >= 0.6 is 0 Å². The molecular weight excluding hydrogens is 350 g/mol. The Morgan fingerprint density at radius 3 is 2.68 bits per heavy atom. The van der Waals surface area contributed by atoms with Gasteiger partial charge in [-0.25, -0.2) is 0 Å². The molecule has 0 fully saturated rings. The number of nitrogens with zero attached hydrogens (tertiary/aromatic N) is 2. The van der Waals surface area contributed by atoms with Crippen LogP contribution < -0.4 is 5.32 Å². The van der Waals surface area contributed by atoms with Gasteiger partial charge in [0, 0.05) is 24.9 Å². The van der Waals surface area contributed by atoms with Gasteiger partial charge in [0.1, 0.15) is 0 Å². The van der Waals surface area contributed by atoms with Gasteiger partial charge in [-0.3, -0.25) is 4.79 Å². The van der Waals surface area contributed by atoms with Crippen LogP contribution in [0, 0.1) is 6.92 Å². The van der Waals surface area contributed by atoms with Gasteiger partial charge >= 0.3 is 0 Å². The van der Waals surface area contributed by atoms with Crippen molar-refractivity contribution < 1.29 is 9.32 Å². The number of amides is 1. The third-order valence-corrected chi connectivity index (χ3v) is 4.78. The maximum atomic E-state index is 12.3. The molecule has 5 heteroatoms. The monoisotopic (exact) mass is 371 g/mol. The zero-order chi connectivity index (χ0) is 19.3. The highest BCUT2D eigenvalue weighted by molar-refractivity contribution is 5.86. The molecule has 0 aliphatic carbocycles. The van der Waals surface area contributed by atoms with E-state index < -0.39 is 0 Å². The molecule has 4 rings (SSSR count). The van der Waals surface area contributed by atoms with Crippen molar-refractivity contribution in [2.45, 2.75) is 26.3 Å². The van der Waals surface area contributed by atoms with E-state index in [0.717, 1.165) is 22.1 Å². The number of hydrogen-bond acceptors (Lipinski definition) is 4. The summed E-state index contributed by atoms with van der Waals surface area (Å²) >= 11 is 0. The van der Waals surface area contributed by atoms with E-state index in [1.165, 1.54) is 5.39 Å². The predicted molar refractivity (Wildman–Crippen MR) is 109 cm³/mol. The number of carbonyl (C=O) groups is 1. The number of aryl methyl sites for hydroxylation is 2. The van der Waals surface area contributed by atoms with Crippen molar-refractivity contribution >= 4 is 16.7 Å². The van der Waals surface area contributed by atoms with Crippen LogP contribution in [0.5, 0.6) is 0 Å². The Balaban J connectivity index is 1.34. The first-order valence-corrected chi connectivity index (χ1v) is 9.32. The van der Waals surface area contributed by atoms with Crippen LogP contribution in [0.4, 0.5) is 0 Å². The molecule has 0 radical (unpaired) electrons. The number of rotatable bonds is 6. The fourth-order valence-corrected chi connectivity index (χ4v) is 3.24. The summed E-state index contributed by atoms with van der Waals surface area (Å²) < 4.78 is 5.30. The Kier molecular flexibility index (Phi) is 5.15. The van der Waals surface area contributed by atoms with E-state index in [-0.39, 0.29) is 5.91 Å². The summed E-state index contributed by atoms with van der Waals surface area (Å²) in [5.41, 5.74) is 3.13. The number of nitrogens with one attached hydrogen (secondary N) is 1. The summed E-state index contributed by atoms with van der Waals surface area (Å²) in [6, 6.07) is 22.2. The van der Waals surface area contributed by atoms with E-state index in [1.807, 2.05) is 55.5 Å². The number of fused-ring (bicyclic) bond motifs is 1. The van der Waals surface area contributed by atoms with Crippen LogP contribution in [0.25, 0.3) is 22.2 Å². The zero-order valence-electron chi connectivity index (χ0n) is 15.7. The average molecular weight is 371 g/mol. The molecule has 140 valence electrons. The highest BCUT2D eigenvalue weighted by Crippen LogP contribution is 2.20. The van der Waals surface area contributed by atoms with Crippen LogP contribution in [0.1, 0.15) is 23.4 Å². The molecule has 3 aromatic carbocycles. The summed E-state index contributed by atoms with van der Waals surface area (Å²) in [4.78, 5) is 16.7. The molecule has 0 saturated carbocycles. The molecule has 0 atom stereocenters. The standard InChI is InChI=1S/C23H21N3O2/c1-16-7-2-4-11-19(16)23-25-22(28-26-23)14-13-21(27)24-15-18-10-6-9-17-8-3-5-12-20(17)18/h2-12H,13-15H2,1H3,(H,24,27). The Morgan fingerprint density at radius 1 is 1.00 bits per heavy atom. The van der Waals surface area contributed by atoms with Crippen LogP contribution in [0.3, 0.4) is 0 Å². The van der Waals surface area contributed by atoms with Crippen LogP contribution in [-0.4, -0.2) is 16.0 Å². The molecule has 0 spiro atoms. The van der Waals surface area contributed by atoms with Crippen LogP contribution in [0.2, 0.25) is 0 Å². The second-order valence-electron chi connectivity index (χ2n) is 6.74. The normalized spacial score (nSPS) is 10.9. The van der Waals surface area contributed by atoms with Gasteiger partial charge in [-0.1, -0.05) is 71.9 Å². The van der Waals surface area contributed by atoms with E-state index in [0.29, 0.717) is 31.1 Å². The second kappa shape index (κ2) is 8.05. The Morgan fingerprint density at radius 2 is 1.79 bits per heavy atom. The van der Waals surface area contributed by atoms with Gasteiger partial charge in [-0.2, -0.15) is 4.98 Å². The number of aromatic nitrogens is 2. The third-order valence-electron chi connectivity index (χ3n) is 4.78. The quantitative estimate of drug-likeness (QED) is 0.544. The van der Waals surface area contributed by atoms with Crippen molar-refractivity contribution in [3.63, 3.8) is 0 Å². The molecule has 0 bridgehead atoms. The lowest BCUT2D eigenvalue weighted by atomic mass is 10.0.